The quantitative estimate of drug-likeness (QED) is 0.101. The number of nitrogens with zero attached hydrogens (tertiary/aromatic N) is 2. The zero-order chi connectivity index (χ0) is 44.1. The molecule has 0 unspecified atom stereocenters. The number of nitriles is 1. The molecule has 7 N–H and O–H groups in total. The fraction of sp³-hybridized carbons (Fsp3) is 0.375. The molecule has 61 heavy (non-hydrogen) atoms. The molecule has 4 atom stereocenters. The predicted molar refractivity (Wildman–Crippen MR) is 233 cm³/mol. The smallest absolute Gasteiger partial charge is 0.226 e. The summed E-state index contributed by atoms with van der Waals surface area (Å²) >= 11 is 0. The van der Waals surface area contributed by atoms with Crippen LogP contribution in [-0.4, -0.2) is 80.0 Å². The van der Waals surface area contributed by atoms with Crippen molar-refractivity contribution in [1.29, 1.82) is 5.26 Å². The van der Waals surface area contributed by atoms with Crippen molar-refractivity contribution in [3.8, 4) is 39.8 Å². The first-order valence-electron chi connectivity index (χ1n) is 20.7. The third kappa shape index (κ3) is 11.5. The fourth-order valence-electron chi connectivity index (χ4n) is 7.76. The number of benzene rings is 4. The summed E-state index contributed by atoms with van der Waals surface area (Å²) in [5, 5.41) is 12.1. The maximum absolute atomic E-state index is 14.7. The van der Waals surface area contributed by atoms with Gasteiger partial charge in [-0.2, -0.15) is 5.26 Å². The van der Waals surface area contributed by atoms with Crippen LogP contribution in [0.25, 0.3) is 22.3 Å². The number of nitrogens with one attached hydrogen (secondary N) is 1. The molecule has 0 spiro atoms. The highest BCUT2D eigenvalue weighted by molar-refractivity contribution is 6.01. The molecule has 4 bridgehead atoms. The minimum atomic E-state index is -1.21. The van der Waals surface area contributed by atoms with Crippen molar-refractivity contribution in [3.05, 3.63) is 107 Å². The van der Waals surface area contributed by atoms with Gasteiger partial charge >= 0.3 is 0 Å². The average molecular weight is 829 g/mol. The number of amides is 2. The molecule has 0 saturated carbocycles. The predicted octanol–water partition coefficient (Wildman–Crippen LogP) is 5.25. The molecule has 4 aromatic rings. The highest BCUT2D eigenvalue weighted by atomic mass is 16.5. The third-order valence-corrected chi connectivity index (χ3v) is 11.0. The Morgan fingerprint density at radius 2 is 1.52 bits per heavy atom. The first-order chi connectivity index (χ1) is 29.4. The normalized spacial score (nSPS) is 17.0. The Bertz CT molecular complexity index is 2250. The number of hydrogen-bond donors (Lipinski definition) is 4. The van der Waals surface area contributed by atoms with E-state index in [9.17, 15) is 29.2 Å². The van der Waals surface area contributed by atoms with Gasteiger partial charge in [0, 0.05) is 74.3 Å². The lowest BCUT2D eigenvalue weighted by atomic mass is 9.87. The number of likely N-dealkylation sites (N-methyl/N-ethyl adjacent to an activating group) is 1. The van der Waals surface area contributed by atoms with E-state index in [4.69, 9.17) is 26.7 Å². The maximum atomic E-state index is 14.7. The second kappa shape index (κ2) is 21.9. The van der Waals surface area contributed by atoms with Gasteiger partial charge in [-0.1, -0.05) is 67.6 Å². The Hall–Kier alpha value is -6.20. The lowest BCUT2D eigenvalue weighted by molar-refractivity contribution is -0.142. The Morgan fingerprint density at radius 3 is 2.16 bits per heavy atom. The summed E-state index contributed by atoms with van der Waals surface area (Å²) in [7, 11) is 1.52. The van der Waals surface area contributed by atoms with E-state index >= 15 is 0 Å². The highest BCUT2D eigenvalue weighted by Crippen LogP contribution is 2.41. The van der Waals surface area contributed by atoms with Crippen LogP contribution in [0.4, 0.5) is 0 Å². The van der Waals surface area contributed by atoms with Crippen LogP contribution in [0, 0.1) is 30.1 Å². The van der Waals surface area contributed by atoms with E-state index in [0.717, 1.165) is 16.7 Å². The van der Waals surface area contributed by atoms with E-state index in [0.29, 0.717) is 39.3 Å². The second-order valence-electron chi connectivity index (χ2n) is 15.5. The van der Waals surface area contributed by atoms with Gasteiger partial charge in [-0.3, -0.25) is 24.0 Å². The molecule has 0 radical (unpaired) electrons. The van der Waals surface area contributed by atoms with E-state index in [1.54, 1.807) is 43.3 Å². The Kier molecular flexibility index (Phi) is 16.5. The van der Waals surface area contributed by atoms with Crippen LogP contribution in [-0.2, 0) is 25.6 Å². The third-order valence-electron chi connectivity index (χ3n) is 11.0. The van der Waals surface area contributed by atoms with Gasteiger partial charge in [-0.15, -0.1) is 0 Å². The maximum Gasteiger partial charge on any atom is 0.226 e. The lowest BCUT2D eigenvalue weighted by Crippen LogP contribution is -2.46. The first-order valence-corrected chi connectivity index (χ1v) is 20.7. The van der Waals surface area contributed by atoms with Crippen molar-refractivity contribution in [2.24, 2.45) is 29.0 Å². The van der Waals surface area contributed by atoms with Crippen LogP contribution in [0.5, 0.6) is 11.5 Å². The van der Waals surface area contributed by atoms with Crippen LogP contribution in [0.3, 0.4) is 0 Å². The monoisotopic (exact) mass is 828 g/mol. The Labute approximate surface area is 357 Å². The molecule has 0 aliphatic carbocycles. The molecule has 13 nitrogen and oxygen atoms in total. The lowest BCUT2D eigenvalue weighted by Gasteiger charge is -2.32. The SMILES string of the molecule is Cc1cc(-c2ccccc2)ccc1C(=O)C[C@@H](CCN)C(=O)N(C)[C@@H]1C(=O)C[C@@H](C)C(=O)N[C@H](C(=O)CCC#N)Cc2ccc(OCCN)c(c2)-c2cc1ccc2OCCN. The summed E-state index contributed by atoms with van der Waals surface area (Å²) in [5.74, 6) is -2.87. The van der Waals surface area contributed by atoms with Crippen molar-refractivity contribution in [3.63, 3.8) is 0 Å². The molecule has 1 heterocycles. The van der Waals surface area contributed by atoms with Crippen molar-refractivity contribution in [2.75, 3.05) is 39.9 Å². The molecule has 320 valence electrons. The van der Waals surface area contributed by atoms with Crippen LogP contribution in [0.2, 0.25) is 0 Å². The fourth-order valence-corrected chi connectivity index (χ4v) is 7.76. The Balaban J connectivity index is 1.59. The zero-order valence-electron chi connectivity index (χ0n) is 35.2. The van der Waals surface area contributed by atoms with Crippen molar-refractivity contribution in [1.82, 2.24) is 10.2 Å². The summed E-state index contributed by atoms with van der Waals surface area (Å²) in [6.45, 7) is 4.38. The number of carbonyl (C=O) groups excluding carboxylic acids is 5. The number of rotatable bonds is 17. The van der Waals surface area contributed by atoms with Gasteiger partial charge in [0.1, 0.15) is 30.8 Å². The first kappa shape index (κ1) is 45.9. The number of ketones is 3. The van der Waals surface area contributed by atoms with E-state index in [-0.39, 0.29) is 82.9 Å². The molecular formula is C48H56N6O7. The second-order valence-corrected chi connectivity index (χ2v) is 15.5. The molecule has 0 fully saturated rings. The molecule has 1 aliphatic rings. The molecule has 2 amide bonds. The molecule has 4 aromatic carbocycles. The van der Waals surface area contributed by atoms with Crippen LogP contribution < -0.4 is 32.0 Å². The van der Waals surface area contributed by atoms with Gasteiger partial charge < -0.3 is 36.9 Å². The number of fused-ring (bicyclic) bond motifs is 5. The number of aryl methyl sites for hydroxylation is 1. The van der Waals surface area contributed by atoms with Gasteiger partial charge in [-0.25, -0.2) is 0 Å². The minimum absolute atomic E-state index is 0.0239. The number of hydrogen-bond acceptors (Lipinski definition) is 11. The molecular weight excluding hydrogens is 773 g/mol. The molecule has 1 aliphatic heterocycles. The van der Waals surface area contributed by atoms with Gasteiger partial charge in [0.05, 0.1) is 12.1 Å². The van der Waals surface area contributed by atoms with Crippen LogP contribution in [0.1, 0.15) is 72.1 Å². The van der Waals surface area contributed by atoms with Crippen LogP contribution in [0.15, 0.2) is 84.9 Å². The van der Waals surface area contributed by atoms with E-state index < -0.39 is 41.5 Å². The number of nitrogens with two attached hydrogens (primary N) is 3. The molecule has 0 aromatic heterocycles. The number of carbonyl (C=O) groups is 5. The Morgan fingerprint density at radius 1 is 0.852 bits per heavy atom. The summed E-state index contributed by atoms with van der Waals surface area (Å²) in [4.78, 5) is 71.8. The van der Waals surface area contributed by atoms with Crippen LogP contribution >= 0.6 is 0 Å². The van der Waals surface area contributed by atoms with E-state index in [1.165, 1.54) is 11.9 Å². The average Bonchev–Trinajstić information content (AvgIpc) is 3.26. The standard InChI is InChI=1S/C48H56N6O7/c1-30-24-34(33-8-5-4-6-9-33)12-14-37(30)42(56)29-36(17-19-50)48(59)54(3)46-35-13-16-45(61-23-21-52)39(28-35)38-26-32(11-15-44(38)60-22-20-51)27-40(41(55)10-7-18-49)53-47(58)31(2)25-43(46)57/h4-6,8-9,11-16,24,26,28,31,36,40,46H,7,10,17,19-23,25,27,29,50-52H2,1-3H3,(H,53,58)/t31-,36-,40+,46+/m1/s1. The topological polar surface area (TPSA) is 221 Å². The summed E-state index contributed by atoms with van der Waals surface area (Å²) in [5.41, 5.74) is 23.2. The molecule has 13 heteroatoms. The largest absolute Gasteiger partial charge is 0.492 e. The van der Waals surface area contributed by atoms with E-state index in [2.05, 4.69) is 5.32 Å². The van der Waals surface area contributed by atoms with Crippen molar-refractivity contribution >= 4 is 29.2 Å². The van der Waals surface area contributed by atoms with Gasteiger partial charge in [-0.05, 0) is 78.4 Å². The number of ether oxygens (including phenoxy) is 2. The molecule has 5 rings (SSSR count). The van der Waals surface area contributed by atoms with Gasteiger partial charge in [0.15, 0.2) is 17.3 Å². The van der Waals surface area contributed by atoms with Gasteiger partial charge in [0.2, 0.25) is 11.8 Å². The van der Waals surface area contributed by atoms with Crippen molar-refractivity contribution < 1.29 is 33.4 Å². The number of Topliss-reactive ketones (excluding diaryl/α,β-unsaturated/α-hetero) is 3. The molecule has 0 saturated heterocycles. The van der Waals surface area contributed by atoms with Crippen molar-refractivity contribution in [2.45, 2.75) is 64.5 Å². The van der Waals surface area contributed by atoms with Gasteiger partial charge in [0.25, 0.3) is 0 Å². The zero-order valence-corrected chi connectivity index (χ0v) is 35.2. The highest BCUT2D eigenvalue weighted by Gasteiger charge is 2.36. The summed E-state index contributed by atoms with van der Waals surface area (Å²) < 4.78 is 12.2. The minimum Gasteiger partial charge on any atom is -0.492 e. The van der Waals surface area contributed by atoms with E-state index in [1.807, 2.05) is 61.5 Å². The summed E-state index contributed by atoms with van der Waals surface area (Å²) in [6, 6.07) is 25.8. The summed E-state index contributed by atoms with van der Waals surface area (Å²) in [6.07, 6.45) is -0.224.